The van der Waals surface area contributed by atoms with Crippen molar-refractivity contribution in [2.75, 3.05) is 26.1 Å². The zero-order chi connectivity index (χ0) is 17.8. The molecule has 1 N–H and O–H groups in total. The lowest BCUT2D eigenvalue weighted by molar-refractivity contribution is -0.119. The van der Waals surface area contributed by atoms with Gasteiger partial charge in [-0.15, -0.1) is 11.3 Å². The monoisotopic (exact) mass is 358 g/mol. The Kier molecular flexibility index (Phi) is 5.11. The summed E-state index contributed by atoms with van der Waals surface area (Å²) in [4.78, 5) is 16.4. The summed E-state index contributed by atoms with van der Waals surface area (Å²) in [5.41, 5.74) is 2.56. The molecule has 130 valence electrons. The van der Waals surface area contributed by atoms with E-state index in [9.17, 15) is 4.79 Å². The molecule has 1 amide bonds. The van der Waals surface area contributed by atoms with Crippen LogP contribution in [0.4, 0.5) is 5.82 Å². The van der Waals surface area contributed by atoms with Crippen LogP contribution in [0.15, 0.2) is 35.7 Å². The smallest absolute Gasteiger partial charge is 0.251 e. The largest absolute Gasteiger partial charge is 0.497 e. The molecular formula is C17H18N4O3S. The molecule has 0 bridgehead atoms. The number of hydrogen-bond donors (Lipinski definition) is 1. The van der Waals surface area contributed by atoms with Gasteiger partial charge in [-0.3, -0.25) is 4.79 Å². The number of ether oxygens (including phenoxy) is 2. The zero-order valence-electron chi connectivity index (χ0n) is 14.1. The van der Waals surface area contributed by atoms with E-state index in [1.54, 1.807) is 17.9 Å². The minimum atomic E-state index is -0.242. The summed E-state index contributed by atoms with van der Waals surface area (Å²) < 4.78 is 11.7. The van der Waals surface area contributed by atoms with Crippen LogP contribution in [0.3, 0.4) is 0 Å². The second-order valence-corrected chi connectivity index (χ2v) is 6.15. The van der Waals surface area contributed by atoms with Crippen molar-refractivity contribution in [2.24, 2.45) is 0 Å². The molecule has 0 fully saturated rings. The molecule has 0 saturated carbocycles. The van der Waals surface area contributed by atoms with E-state index in [1.165, 1.54) is 18.4 Å². The molecule has 1 aromatic carbocycles. The molecule has 25 heavy (non-hydrogen) atoms. The van der Waals surface area contributed by atoms with Gasteiger partial charge >= 0.3 is 0 Å². The van der Waals surface area contributed by atoms with E-state index in [1.807, 2.05) is 36.6 Å². The Morgan fingerprint density at radius 2 is 2.16 bits per heavy atom. The van der Waals surface area contributed by atoms with Crippen LogP contribution >= 0.6 is 11.3 Å². The third kappa shape index (κ3) is 3.86. The number of aromatic nitrogens is 3. The van der Waals surface area contributed by atoms with Crippen molar-refractivity contribution in [2.45, 2.75) is 6.92 Å². The minimum Gasteiger partial charge on any atom is -0.497 e. The molecule has 0 saturated heterocycles. The lowest BCUT2D eigenvalue weighted by Crippen LogP contribution is -2.19. The number of amides is 1. The maximum Gasteiger partial charge on any atom is 0.251 e. The van der Waals surface area contributed by atoms with E-state index in [4.69, 9.17) is 9.47 Å². The molecule has 2 aromatic heterocycles. The maximum atomic E-state index is 11.8. The van der Waals surface area contributed by atoms with Crippen LogP contribution in [0.25, 0.3) is 16.4 Å². The Bertz CT molecular complexity index is 888. The molecule has 7 nitrogen and oxygen atoms in total. The number of carbonyl (C=O) groups excluding carboxylic acids is 1. The van der Waals surface area contributed by atoms with E-state index < -0.39 is 0 Å². The number of thiazole rings is 1. The van der Waals surface area contributed by atoms with Gasteiger partial charge in [0, 0.05) is 24.1 Å². The Morgan fingerprint density at radius 3 is 2.92 bits per heavy atom. The first-order valence-electron chi connectivity index (χ1n) is 7.56. The minimum absolute atomic E-state index is 0.0167. The third-order valence-corrected chi connectivity index (χ3v) is 4.23. The average molecular weight is 358 g/mol. The fourth-order valence-corrected chi connectivity index (χ4v) is 3.12. The number of benzene rings is 1. The second-order valence-electron chi connectivity index (χ2n) is 5.31. The standard InChI is InChI=1S/C17H18N4O3S/c1-11-7-15(19-16(22)9-23-2)21(20-11)17-18-14(10-25-17)12-5-4-6-13(8-12)24-3/h4-8,10H,9H2,1-3H3,(H,19,22). The molecule has 2 heterocycles. The normalized spacial score (nSPS) is 10.7. The highest BCUT2D eigenvalue weighted by Gasteiger charge is 2.14. The van der Waals surface area contributed by atoms with Crippen molar-refractivity contribution >= 4 is 23.1 Å². The van der Waals surface area contributed by atoms with Gasteiger partial charge < -0.3 is 14.8 Å². The van der Waals surface area contributed by atoms with Gasteiger partial charge in [-0.1, -0.05) is 12.1 Å². The average Bonchev–Trinajstić information content (AvgIpc) is 3.22. The first-order valence-corrected chi connectivity index (χ1v) is 8.44. The zero-order valence-corrected chi connectivity index (χ0v) is 15.0. The fraction of sp³-hybridized carbons (Fsp3) is 0.235. The molecule has 0 spiro atoms. The number of nitrogens with zero attached hydrogens (tertiary/aromatic N) is 3. The highest BCUT2D eigenvalue weighted by Crippen LogP contribution is 2.28. The Morgan fingerprint density at radius 1 is 1.32 bits per heavy atom. The predicted octanol–water partition coefficient (Wildman–Crippen LogP) is 2.90. The van der Waals surface area contributed by atoms with Gasteiger partial charge in [0.05, 0.1) is 18.5 Å². The number of aryl methyl sites for hydroxylation is 1. The van der Waals surface area contributed by atoms with Crippen LogP contribution in [-0.4, -0.2) is 41.5 Å². The molecule has 8 heteroatoms. The van der Waals surface area contributed by atoms with Crippen LogP contribution in [0.1, 0.15) is 5.69 Å². The Labute approximate surface area is 149 Å². The first-order chi connectivity index (χ1) is 12.1. The molecule has 0 radical (unpaired) electrons. The van der Waals surface area contributed by atoms with Crippen molar-refractivity contribution in [1.82, 2.24) is 14.8 Å². The highest BCUT2D eigenvalue weighted by atomic mass is 32.1. The van der Waals surface area contributed by atoms with Crippen LogP contribution in [0, 0.1) is 6.92 Å². The van der Waals surface area contributed by atoms with Crippen LogP contribution in [-0.2, 0) is 9.53 Å². The molecule has 0 aliphatic carbocycles. The number of anilines is 1. The Balaban J connectivity index is 1.90. The highest BCUT2D eigenvalue weighted by molar-refractivity contribution is 7.12. The van der Waals surface area contributed by atoms with Gasteiger partial charge in [-0.25, -0.2) is 4.98 Å². The summed E-state index contributed by atoms with van der Waals surface area (Å²) in [6, 6.07) is 9.49. The number of hydrogen-bond acceptors (Lipinski definition) is 6. The predicted molar refractivity (Wildman–Crippen MR) is 96.5 cm³/mol. The SMILES string of the molecule is COCC(=O)Nc1cc(C)nn1-c1nc(-c2cccc(OC)c2)cs1. The molecular weight excluding hydrogens is 340 g/mol. The topological polar surface area (TPSA) is 78.3 Å². The van der Waals surface area contributed by atoms with Gasteiger partial charge in [0.25, 0.3) is 5.91 Å². The van der Waals surface area contributed by atoms with Crippen molar-refractivity contribution in [3.63, 3.8) is 0 Å². The van der Waals surface area contributed by atoms with Gasteiger partial charge in [0.15, 0.2) is 0 Å². The molecule has 0 aliphatic heterocycles. The van der Waals surface area contributed by atoms with Gasteiger partial charge in [0.2, 0.25) is 5.13 Å². The molecule has 0 atom stereocenters. The molecule has 3 rings (SSSR count). The maximum absolute atomic E-state index is 11.8. The van der Waals surface area contributed by atoms with Crippen molar-refractivity contribution < 1.29 is 14.3 Å². The summed E-state index contributed by atoms with van der Waals surface area (Å²) in [6.45, 7) is 1.84. The third-order valence-electron chi connectivity index (χ3n) is 3.41. The van der Waals surface area contributed by atoms with Crippen molar-refractivity contribution in [1.29, 1.82) is 0 Å². The van der Waals surface area contributed by atoms with Gasteiger partial charge in [0.1, 0.15) is 18.2 Å². The quantitative estimate of drug-likeness (QED) is 0.733. The summed E-state index contributed by atoms with van der Waals surface area (Å²) in [5.74, 6) is 1.09. The van der Waals surface area contributed by atoms with E-state index in [0.29, 0.717) is 10.9 Å². The first kappa shape index (κ1) is 17.1. The summed E-state index contributed by atoms with van der Waals surface area (Å²) >= 11 is 1.44. The lowest BCUT2D eigenvalue weighted by atomic mass is 10.2. The van der Waals surface area contributed by atoms with Crippen molar-refractivity contribution in [3.05, 3.63) is 41.4 Å². The van der Waals surface area contributed by atoms with E-state index in [2.05, 4.69) is 15.4 Å². The number of methoxy groups -OCH3 is 2. The van der Waals surface area contributed by atoms with Gasteiger partial charge in [-0.2, -0.15) is 9.78 Å². The lowest BCUT2D eigenvalue weighted by Gasteiger charge is -2.05. The van der Waals surface area contributed by atoms with Crippen LogP contribution in [0.2, 0.25) is 0 Å². The summed E-state index contributed by atoms with van der Waals surface area (Å²) in [5, 5.41) is 9.81. The van der Waals surface area contributed by atoms with Crippen molar-refractivity contribution in [3.8, 4) is 22.1 Å². The fourth-order valence-electron chi connectivity index (χ4n) is 2.32. The van der Waals surface area contributed by atoms with Gasteiger partial charge in [-0.05, 0) is 19.1 Å². The molecule has 0 aliphatic rings. The second kappa shape index (κ2) is 7.45. The van der Waals surface area contributed by atoms with Crippen LogP contribution in [0.5, 0.6) is 5.75 Å². The molecule has 0 unspecified atom stereocenters. The molecule has 3 aromatic rings. The van der Waals surface area contributed by atoms with E-state index >= 15 is 0 Å². The Hall–Kier alpha value is -2.71. The number of carbonyl (C=O) groups is 1. The number of rotatable bonds is 6. The number of nitrogens with one attached hydrogen (secondary N) is 1. The van der Waals surface area contributed by atoms with E-state index in [-0.39, 0.29) is 12.5 Å². The summed E-state index contributed by atoms with van der Waals surface area (Å²) in [7, 11) is 3.11. The van der Waals surface area contributed by atoms with E-state index in [0.717, 1.165) is 22.7 Å². The summed E-state index contributed by atoms with van der Waals surface area (Å²) in [6.07, 6.45) is 0. The van der Waals surface area contributed by atoms with Crippen LogP contribution < -0.4 is 10.1 Å².